The first-order valence-corrected chi connectivity index (χ1v) is 9.32. The molecule has 3 aliphatic heterocycles. The van der Waals surface area contributed by atoms with E-state index in [0.717, 1.165) is 56.0 Å². The molecule has 7 heteroatoms. The molecule has 0 amide bonds. The number of fused-ring (bicyclic) bond motifs is 1. The van der Waals surface area contributed by atoms with Gasteiger partial charge in [0.15, 0.2) is 0 Å². The molecule has 0 aliphatic carbocycles. The van der Waals surface area contributed by atoms with Crippen LogP contribution < -0.4 is 16.2 Å². The van der Waals surface area contributed by atoms with E-state index in [2.05, 4.69) is 21.1 Å². The standard InChI is InChI=1S/C19H25F3N4/c20-19(21,22)12-14-1-2-16-15(11-14)17(13-24-25-16)26-9-5-18(6-10-26)3-7-23-8-4-18/h1-2,11,13,23-25H,3-10,12H2. The fraction of sp³-hybridized carbons (Fsp3) is 0.579. The lowest BCUT2D eigenvalue weighted by Crippen LogP contribution is -2.45. The van der Waals surface area contributed by atoms with Crippen LogP contribution in [0.15, 0.2) is 24.4 Å². The van der Waals surface area contributed by atoms with E-state index in [1.165, 1.54) is 12.8 Å². The van der Waals surface area contributed by atoms with Crippen molar-refractivity contribution in [1.29, 1.82) is 0 Å². The molecule has 26 heavy (non-hydrogen) atoms. The average molecular weight is 366 g/mol. The normalized spacial score (nSPS) is 22.3. The lowest BCUT2D eigenvalue weighted by atomic mass is 9.71. The molecule has 0 saturated carbocycles. The van der Waals surface area contributed by atoms with E-state index in [4.69, 9.17) is 0 Å². The monoisotopic (exact) mass is 366 g/mol. The molecular weight excluding hydrogens is 341 g/mol. The van der Waals surface area contributed by atoms with Crippen LogP contribution in [-0.4, -0.2) is 37.3 Å². The Labute approximate surface area is 151 Å². The van der Waals surface area contributed by atoms with Gasteiger partial charge in [0, 0.05) is 24.9 Å². The van der Waals surface area contributed by atoms with Gasteiger partial charge in [-0.1, -0.05) is 6.07 Å². The molecule has 3 heterocycles. The van der Waals surface area contributed by atoms with Crippen LogP contribution in [0.2, 0.25) is 0 Å². The van der Waals surface area contributed by atoms with Crippen molar-refractivity contribution in [1.82, 2.24) is 15.6 Å². The van der Waals surface area contributed by atoms with Crippen molar-refractivity contribution in [2.45, 2.75) is 38.3 Å². The minimum Gasteiger partial charge on any atom is -0.370 e. The molecule has 0 bridgehead atoms. The first-order valence-electron chi connectivity index (χ1n) is 9.32. The van der Waals surface area contributed by atoms with Crippen LogP contribution in [-0.2, 0) is 6.42 Å². The van der Waals surface area contributed by atoms with Crippen molar-refractivity contribution in [2.75, 3.05) is 31.6 Å². The predicted molar refractivity (Wildman–Crippen MR) is 96.3 cm³/mol. The number of rotatable bonds is 2. The van der Waals surface area contributed by atoms with E-state index < -0.39 is 12.6 Å². The lowest BCUT2D eigenvalue weighted by molar-refractivity contribution is -0.127. The minimum atomic E-state index is -4.19. The Bertz CT molecular complexity index is 683. The third kappa shape index (κ3) is 3.63. The van der Waals surface area contributed by atoms with Gasteiger partial charge in [0.2, 0.25) is 0 Å². The predicted octanol–water partition coefficient (Wildman–Crippen LogP) is 3.49. The minimum absolute atomic E-state index is 0.303. The van der Waals surface area contributed by atoms with Gasteiger partial charge < -0.3 is 21.1 Å². The van der Waals surface area contributed by atoms with Crippen molar-refractivity contribution in [3.8, 4) is 0 Å². The molecule has 0 unspecified atom stereocenters. The number of benzene rings is 1. The summed E-state index contributed by atoms with van der Waals surface area (Å²) in [5, 5.41) is 3.43. The third-order valence-electron chi connectivity index (χ3n) is 6.01. The largest absolute Gasteiger partial charge is 0.393 e. The summed E-state index contributed by atoms with van der Waals surface area (Å²) in [6.07, 6.45) is 1.55. The van der Waals surface area contributed by atoms with Gasteiger partial charge in [-0.3, -0.25) is 0 Å². The lowest BCUT2D eigenvalue weighted by Gasteiger charge is -2.46. The molecule has 4 nitrogen and oxygen atoms in total. The summed E-state index contributed by atoms with van der Waals surface area (Å²) in [6.45, 7) is 4.10. The van der Waals surface area contributed by atoms with Crippen molar-refractivity contribution in [3.05, 3.63) is 35.5 Å². The van der Waals surface area contributed by atoms with Gasteiger partial charge >= 0.3 is 6.18 Å². The molecule has 4 rings (SSSR count). The van der Waals surface area contributed by atoms with Gasteiger partial charge in [0.25, 0.3) is 0 Å². The van der Waals surface area contributed by atoms with Crippen molar-refractivity contribution in [3.63, 3.8) is 0 Å². The van der Waals surface area contributed by atoms with E-state index in [-0.39, 0.29) is 0 Å². The number of likely N-dealkylation sites (tertiary alicyclic amines) is 1. The number of hydrazine groups is 1. The van der Waals surface area contributed by atoms with Crippen LogP contribution in [0.4, 0.5) is 18.9 Å². The molecule has 3 N–H and O–H groups in total. The summed E-state index contributed by atoms with van der Waals surface area (Å²) in [6, 6.07) is 4.95. The first-order chi connectivity index (χ1) is 12.4. The van der Waals surface area contributed by atoms with Gasteiger partial charge in [-0.05, 0) is 61.9 Å². The Morgan fingerprint density at radius 1 is 1.04 bits per heavy atom. The summed E-state index contributed by atoms with van der Waals surface area (Å²) in [4.78, 5) is 2.32. The molecule has 1 spiro atoms. The van der Waals surface area contributed by atoms with Crippen LogP contribution in [0.5, 0.6) is 0 Å². The van der Waals surface area contributed by atoms with Gasteiger partial charge in [-0.15, -0.1) is 0 Å². The smallest absolute Gasteiger partial charge is 0.370 e. The summed E-state index contributed by atoms with van der Waals surface area (Å²) < 4.78 is 38.3. The zero-order chi connectivity index (χ0) is 18.2. The van der Waals surface area contributed by atoms with Crippen molar-refractivity contribution in [2.24, 2.45) is 5.41 Å². The number of halogens is 3. The molecule has 0 aromatic heterocycles. The highest BCUT2D eigenvalue weighted by Crippen LogP contribution is 2.42. The van der Waals surface area contributed by atoms with E-state index in [9.17, 15) is 13.2 Å². The van der Waals surface area contributed by atoms with Crippen LogP contribution in [0.3, 0.4) is 0 Å². The van der Waals surface area contributed by atoms with Crippen LogP contribution >= 0.6 is 0 Å². The highest BCUT2D eigenvalue weighted by atomic mass is 19.4. The van der Waals surface area contributed by atoms with Gasteiger partial charge in [-0.2, -0.15) is 13.2 Å². The fourth-order valence-corrected chi connectivity index (χ4v) is 4.45. The van der Waals surface area contributed by atoms with Gasteiger partial charge in [-0.25, -0.2) is 0 Å². The van der Waals surface area contributed by atoms with E-state index in [0.29, 0.717) is 11.0 Å². The number of anilines is 1. The summed E-state index contributed by atoms with van der Waals surface area (Å²) >= 11 is 0. The Kier molecular flexibility index (Phi) is 4.50. The van der Waals surface area contributed by atoms with Gasteiger partial charge in [0.05, 0.1) is 17.8 Å². The Hall–Kier alpha value is -1.89. The Balaban J connectivity index is 1.52. The molecule has 2 fully saturated rings. The number of hydrogen-bond acceptors (Lipinski definition) is 4. The molecule has 0 atom stereocenters. The quantitative estimate of drug-likeness (QED) is 0.749. The zero-order valence-electron chi connectivity index (χ0n) is 14.8. The fourth-order valence-electron chi connectivity index (χ4n) is 4.45. The maximum Gasteiger partial charge on any atom is 0.393 e. The number of piperidine rings is 2. The Morgan fingerprint density at radius 3 is 2.46 bits per heavy atom. The molecule has 142 valence electrons. The number of alkyl halides is 3. The topological polar surface area (TPSA) is 39.3 Å². The maximum absolute atomic E-state index is 12.8. The van der Waals surface area contributed by atoms with Crippen LogP contribution in [0, 0.1) is 5.41 Å². The molecule has 1 aromatic rings. The van der Waals surface area contributed by atoms with E-state index >= 15 is 0 Å². The first kappa shape index (κ1) is 17.5. The third-order valence-corrected chi connectivity index (χ3v) is 6.01. The second-order valence-electron chi connectivity index (χ2n) is 7.71. The van der Waals surface area contributed by atoms with Crippen molar-refractivity contribution >= 4 is 11.4 Å². The van der Waals surface area contributed by atoms with Gasteiger partial charge in [0.1, 0.15) is 0 Å². The number of hydrogen-bond donors (Lipinski definition) is 3. The Morgan fingerprint density at radius 2 is 1.77 bits per heavy atom. The molecule has 1 aromatic carbocycles. The number of nitrogens with one attached hydrogen (secondary N) is 3. The molecular formula is C19H25F3N4. The summed E-state index contributed by atoms with van der Waals surface area (Å²) in [5.41, 5.74) is 9.50. The second kappa shape index (κ2) is 6.68. The highest BCUT2D eigenvalue weighted by Gasteiger charge is 2.36. The van der Waals surface area contributed by atoms with E-state index in [1.807, 2.05) is 6.20 Å². The van der Waals surface area contributed by atoms with Crippen LogP contribution in [0.1, 0.15) is 36.8 Å². The maximum atomic E-state index is 12.8. The zero-order valence-corrected chi connectivity index (χ0v) is 14.8. The summed E-state index contributed by atoms with van der Waals surface area (Å²) in [5.74, 6) is 0. The number of nitrogens with zero attached hydrogens (tertiary/aromatic N) is 1. The van der Waals surface area contributed by atoms with Crippen LogP contribution in [0.25, 0.3) is 5.70 Å². The molecule has 0 radical (unpaired) electrons. The van der Waals surface area contributed by atoms with E-state index in [1.54, 1.807) is 18.2 Å². The van der Waals surface area contributed by atoms with Crippen molar-refractivity contribution < 1.29 is 13.2 Å². The SMILES string of the molecule is FC(F)(F)Cc1ccc2c(c1)C(N1CCC3(CCNCC3)CC1)=CNN2. The highest BCUT2D eigenvalue weighted by molar-refractivity contribution is 5.78. The second-order valence-corrected chi connectivity index (χ2v) is 7.71. The average Bonchev–Trinajstić information content (AvgIpc) is 2.61. The summed E-state index contributed by atoms with van der Waals surface area (Å²) in [7, 11) is 0. The molecule has 2 saturated heterocycles. The molecule has 3 aliphatic rings.